The van der Waals surface area contributed by atoms with Crippen LogP contribution in [0.3, 0.4) is 0 Å². The fourth-order valence-electron chi connectivity index (χ4n) is 1.70. The number of aliphatic carboxylic acids is 1. The van der Waals surface area contributed by atoms with Crippen molar-refractivity contribution in [3.63, 3.8) is 0 Å². The molecule has 92 valence electrons. The first-order valence-electron chi connectivity index (χ1n) is 5.81. The summed E-state index contributed by atoms with van der Waals surface area (Å²) >= 11 is 0. The zero-order chi connectivity index (χ0) is 13.0. The molecule has 1 atom stereocenters. The van der Waals surface area contributed by atoms with Gasteiger partial charge in [-0.1, -0.05) is 42.5 Å². The van der Waals surface area contributed by atoms with Gasteiger partial charge in [-0.2, -0.15) is 0 Å². The highest BCUT2D eigenvalue weighted by atomic mass is 16.4. The van der Waals surface area contributed by atoms with Crippen LogP contribution in [0.1, 0.15) is 6.92 Å². The lowest BCUT2D eigenvalue weighted by atomic mass is 10.1. The summed E-state index contributed by atoms with van der Waals surface area (Å²) in [5.41, 5.74) is 3.07. The Balaban J connectivity index is 2.13. The Kier molecular flexibility index (Phi) is 3.63. The molecule has 0 bridgehead atoms. The molecule has 2 aromatic carbocycles. The second kappa shape index (κ2) is 5.36. The van der Waals surface area contributed by atoms with Gasteiger partial charge in [0, 0.05) is 5.69 Å². The second-order valence-corrected chi connectivity index (χ2v) is 4.15. The van der Waals surface area contributed by atoms with Gasteiger partial charge < -0.3 is 10.4 Å². The number of hydrogen-bond acceptors (Lipinski definition) is 2. The highest BCUT2D eigenvalue weighted by Crippen LogP contribution is 2.21. The Morgan fingerprint density at radius 1 is 1.00 bits per heavy atom. The normalized spacial score (nSPS) is 11.8. The maximum absolute atomic E-state index is 10.7. The number of carboxylic acids is 1. The van der Waals surface area contributed by atoms with Crippen molar-refractivity contribution < 1.29 is 9.90 Å². The third-order valence-electron chi connectivity index (χ3n) is 2.75. The maximum Gasteiger partial charge on any atom is 0.325 e. The first-order chi connectivity index (χ1) is 8.66. The minimum absolute atomic E-state index is 0.590. The molecule has 0 saturated carbocycles. The van der Waals surface area contributed by atoms with E-state index in [1.165, 1.54) is 0 Å². The van der Waals surface area contributed by atoms with E-state index >= 15 is 0 Å². The van der Waals surface area contributed by atoms with Gasteiger partial charge in [-0.25, -0.2) is 0 Å². The lowest BCUT2D eigenvalue weighted by Crippen LogP contribution is -2.25. The van der Waals surface area contributed by atoms with Crippen LogP contribution < -0.4 is 5.32 Å². The van der Waals surface area contributed by atoms with Crippen molar-refractivity contribution in [2.45, 2.75) is 13.0 Å². The van der Waals surface area contributed by atoms with Crippen LogP contribution in [0.4, 0.5) is 5.69 Å². The van der Waals surface area contributed by atoms with E-state index in [-0.39, 0.29) is 0 Å². The molecule has 0 saturated heterocycles. The summed E-state index contributed by atoms with van der Waals surface area (Å²) < 4.78 is 0. The predicted octanol–water partition coefficient (Wildman–Crippen LogP) is 3.24. The standard InChI is InChI=1S/C15H15NO2/c1-11(15(17)18)16-14-9-7-13(8-10-14)12-5-3-2-4-6-12/h2-11,16H,1H3,(H,17,18)/t11-/m0/s1. The highest BCUT2D eigenvalue weighted by molar-refractivity contribution is 5.77. The molecular formula is C15H15NO2. The van der Waals surface area contributed by atoms with E-state index in [1.807, 2.05) is 54.6 Å². The van der Waals surface area contributed by atoms with Crippen LogP contribution in [-0.2, 0) is 4.79 Å². The molecule has 0 aliphatic carbocycles. The van der Waals surface area contributed by atoms with Gasteiger partial charge >= 0.3 is 5.97 Å². The summed E-state index contributed by atoms with van der Waals surface area (Å²) in [6, 6.07) is 17.2. The molecule has 0 heterocycles. The van der Waals surface area contributed by atoms with Crippen LogP contribution in [-0.4, -0.2) is 17.1 Å². The Hall–Kier alpha value is -2.29. The van der Waals surface area contributed by atoms with Crippen LogP contribution in [0.2, 0.25) is 0 Å². The number of rotatable bonds is 4. The van der Waals surface area contributed by atoms with E-state index in [2.05, 4.69) is 5.32 Å². The molecule has 0 aromatic heterocycles. The number of carboxylic acid groups (broad SMARTS) is 1. The van der Waals surface area contributed by atoms with Gasteiger partial charge in [-0.15, -0.1) is 0 Å². The van der Waals surface area contributed by atoms with Crippen molar-refractivity contribution in [3.8, 4) is 11.1 Å². The van der Waals surface area contributed by atoms with E-state index in [4.69, 9.17) is 5.11 Å². The molecule has 3 nitrogen and oxygen atoms in total. The van der Waals surface area contributed by atoms with Crippen molar-refractivity contribution >= 4 is 11.7 Å². The molecule has 3 heteroatoms. The van der Waals surface area contributed by atoms with Crippen molar-refractivity contribution in [2.75, 3.05) is 5.32 Å². The second-order valence-electron chi connectivity index (χ2n) is 4.15. The molecule has 2 aromatic rings. The predicted molar refractivity (Wildman–Crippen MR) is 72.6 cm³/mol. The van der Waals surface area contributed by atoms with E-state index in [9.17, 15) is 4.79 Å². The number of anilines is 1. The first kappa shape index (κ1) is 12.2. The monoisotopic (exact) mass is 241 g/mol. The molecular weight excluding hydrogens is 226 g/mol. The molecule has 18 heavy (non-hydrogen) atoms. The maximum atomic E-state index is 10.7. The number of carbonyl (C=O) groups is 1. The van der Waals surface area contributed by atoms with Crippen molar-refractivity contribution in [1.82, 2.24) is 0 Å². The topological polar surface area (TPSA) is 49.3 Å². The number of hydrogen-bond donors (Lipinski definition) is 2. The third kappa shape index (κ3) is 2.88. The summed E-state index contributed by atoms with van der Waals surface area (Å²) in [5.74, 6) is -0.859. The average Bonchev–Trinajstić information content (AvgIpc) is 2.40. The van der Waals surface area contributed by atoms with Crippen molar-refractivity contribution in [1.29, 1.82) is 0 Å². The van der Waals surface area contributed by atoms with E-state index < -0.39 is 12.0 Å². The Bertz CT molecular complexity index is 520. The van der Waals surface area contributed by atoms with Crippen LogP contribution in [0.5, 0.6) is 0 Å². The lowest BCUT2D eigenvalue weighted by Gasteiger charge is -2.11. The van der Waals surface area contributed by atoms with Gasteiger partial charge in [-0.05, 0) is 30.2 Å². The van der Waals surface area contributed by atoms with Crippen LogP contribution in [0.25, 0.3) is 11.1 Å². The average molecular weight is 241 g/mol. The molecule has 0 aliphatic rings. The molecule has 0 spiro atoms. The molecule has 0 aliphatic heterocycles. The van der Waals surface area contributed by atoms with Crippen molar-refractivity contribution in [3.05, 3.63) is 54.6 Å². The number of nitrogens with one attached hydrogen (secondary N) is 1. The van der Waals surface area contributed by atoms with Gasteiger partial charge in [-0.3, -0.25) is 4.79 Å². The molecule has 0 radical (unpaired) electrons. The van der Waals surface area contributed by atoms with E-state index in [1.54, 1.807) is 6.92 Å². The fraction of sp³-hybridized carbons (Fsp3) is 0.133. The Morgan fingerprint density at radius 3 is 2.11 bits per heavy atom. The van der Waals surface area contributed by atoms with E-state index in [0.717, 1.165) is 16.8 Å². The highest BCUT2D eigenvalue weighted by Gasteiger charge is 2.09. The van der Waals surface area contributed by atoms with Gasteiger partial charge in [0.2, 0.25) is 0 Å². The molecule has 0 amide bonds. The molecule has 0 fully saturated rings. The smallest absolute Gasteiger partial charge is 0.325 e. The fourth-order valence-corrected chi connectivity index (χ4v) is 1.70. The quantitative estimate of drug-likeness (QED) is 0.864. The van der Waals surface area contributed by atoms with Crippen LogP contribution >= 0.6 is 0 Å². The Labute approximate surface area is 106 Å². The summed E-state index contributed by atoms with van der Waals surface area (Å²) in [5, 5.41) is 11.7. The van der Waals surface area contributed by atoms with Gasteiger partial charge in [0.25, 0.3) is 0 Å². The van der Waals surface area contributed by atoms with Crippen LogP contribution in [0.15, 0.2) is 54.6 Å². The summed E-state index contributed by atoms with van der Waals surface area (Å²) in [4.78, 5) is 10.7. The lowest BCUT2D eigenvalue weighted by molar-refractivity contribution is -0.137. The zero-order valence-corrected chi connectivity index (χ0v) is 10.1. The van der Waals surface area contributed by atoms with Gasteiger partial charge in [0.15, 0.2) is 0 Å². The largest absolute Gasteiger partial charge is 0.480 e. The van der Waals surface area contributed by atoms with E-state index in [0.29, 0.717) is 0 Å². The third-order valence-corrected chi connectivity index (χ3v) is 2.75. The minimum atomic E-state index is -0.859. The zero-order valence-electron chi connectivity index (χ0n) is 10.1. The molecule has 2 rings (SSSR count). The summed E-state index contributed by atoms with van der Waals surface area (Å²) in [7, 11) is 0. The summed E-state index contributed by atoms with van der Waals surface area (Å²) in [6.45, 7) is 1.62. The van der Waals surface area contributed by atoms with Crippen LogP contribution in [0, 0.1) is 0 Å². The first-order valence-corrected chi connectivity index (χ1v) is 5.81. The van der Waals surface area contributed by atoms with Gasteiger partial charge in [0.05, 0.1) is 0 Å². The number of benzene rings is 2. The summed E-state index contributed by atoms with van der Waals surface area (Å²) in [6.07, 6.45) is 0. The molecule has 0 unspecified atom stereocenters. The van der Waals surface area contributed by atoms with Gasteiger partial charge in [0.1, 0.15) is 6.04 Å². The minimum Gasteiger partial charge on any atom is -0.480 e. The molecule has 2 N–H and O–H groups in total. The SMILES string of the molecule is C[C@H](Nc1ccc(-c2ccccc2)cc1)C(=O)O. The Morgan fingerprint density at radius 2 is 1.56 bits per heavy atom. The van der Waals surface area contributed by atoms with Crippen molar-refractivity contribution in [2.24, 2.45) is 0 Å².